The van der Waals surface area contributed by atoms with Gasteiger partial charge in [0.25, 0.3) is 0 Å². The molecule has 0 spiro atoms. The van der Waals surface area contributed by atoms with Gasteiger partial charge in [-0.1, -0.05) is 12.8 Å². The van der Waals surface area contributed by atoms with E-state index < -0.39 is 0 Å². The van der Waals surface area contributed by atoms with Gasteiger partial charge in [0.2, 0.25) is 11.9 Å². The van der Waals surface area contributed by atoms with E-state index in [0.717, 1.165) is 36.2 Å². The van der Waals surface area contributed by atoms with Crippen molar-refractivity contribution in [3.8, 4) is 5.69 Å². The first kappa shape index (κ1) is 13.5. The number of fused-ring (bicyclic) bond motifs is 3. The van der Waals surface area contributed by atoms with Crippen molar-refractivity contribution < 1.29 is 4.39 Å². The summed E-state index contributed by atoms with van der Waals surface area (Å²) in [6.45, 7) is 2.68. The Morgan fingerprint density at radius 3 is 2.50 bits per heavy atom. The molecule has 1 saturated heterocycles. The molecule has 0 N–H and O–H groups in total. The zero-order valence-corrected chi connectivity index (χ0v) is 12.8. The van der Waals surface area contributed by atoms with E-state index in [4.69, 9.17) is 0 Å². The first-order valence-electron chi connectivity index (χ1n) is 7.94. The largest absolute Gasteiger partial charge is 0.341 e. The molecular weight excluding hydrogens is 281 g/mol. The van der Waals surface area contributed by atoms with Crippen molar-refractivity contribution in [2.45, 2.75) is 32.2 Å². The van der Waals surface area contributed by atoms with Crippen molar-refractivity contribution in [3.05, 3.63) is 29.6 Å². The zero-order chi connectivity index (χ0) is 15.1. The van der Waals surface area contributed by atoms with Gasteiger partial charge in [-0.25, -0.2) is 8.96 Å². The number of rotatable bonds is 1. The van der Waals surface area contributed by atoms with E-state index in [1.165, 1.54) is 31.7 Å². The average Bonchev–Trinajstić information content (AvgIpc) is 2.77. The molecule has 116 valence electrons. The molecule has 4 rings (SSSR count). The van der Waals surface area contributed by atoms with Crippen molar-refractivity contribution >= 4 is 11.9 Å². The quantitative estimate of drug-likeness (QED) is 0.811. The molecule has 1 aromatic heterocycles. The zero-order valence-electron chi connectivity index (χ0n) is 12.8. The number of aromatic nitrogens is 3. The lowest BCUT2D eigenvalue weighted by Gasteiger charge is -2.29. The Balaban J connectivity index is 1.82. The molecule has 22 heavy (non-hydrogen) atoms. The smallest absolute Gasteiger partial charge is 0.233 e. The van der Waals surface area contributed by atoms with Crippen LogP contribution in [0.5, 0.6) is 0 Å². The highest BCUT2D eigenvalue weighted by Gasteiger charge is 2.27. The van der Waals surface area contributed by atoms with Crippen LogP contribution in [0.2, 0.25) is 0 Å². The highest BCUT2D eigenvalue weighted by Crippen LogP contribution is 2.33. The van der Waals surface area contributed by atoms with Gasteiger partial charge in [-0.3, -0.25) is 0 Å². The Kier molecular flexibility index (Phi) is 3.24. The molecule has 2 aliphatic rings. The molecule has 6 heteroatoms. The van der Waals surface area contributed by atoms with Crippen LogP contribution >= 0.6 is 0 Å². The van der Waals surface area contributed by atoms with Gasteiger partial charge in [-0.15, -0.1) is 10.2 Å². The van der Waals surface area contributed by atoms with Crippen molar-refractivity contribution in [1.29, 1.82) is 0 Å². The van der Waals surface area contributed by atoms with E-state index >= 15 is 0 Å². The fraction of sp³-hybridized carbons (Fsp3) is 0.500. The van der Waals surface area contributed by atoms with E-state index in [9.17, 15) is 4.39 Å². The summed E-state index contributed by atoms with van der Waals surface area (Å²) in [4.78, 5) is 4.34. The van der Waals surface area contributed by atoms with E-state index in [-0.39, 0.29) is 5.82 Å². The van der Waals surface area contributed by atoms with Crippen LogP contribution in [0.3, 0.4) is 0 Å². The van der Waals surface area contributed by atoms with Gasteiger partial charge < -0.3 is 9.80 Å². The van der Waals surface area contributed by atoms with Crippen LogP contribution in [0.25, 0.3) is 5.69 Å². The van der Waals surface area contributed by atoms with Crippen LogP contribution in [0.1, 0.15) is 31.2 Å². The fourth-order valence-corrected chi connectivity index (χ4v) is 3.43. The molecule has 3 heterocycles. The maximum atomic E-state index is 13.6. The normalized spacial score (nSPS) is 17.9. The Bertz CT molecular complexity index is 688. The van der Waals surface area contributed by atoms with Crippen LogP contribution in [0, 0.1) is 5.82 Å². The van der Waals surface area contributed by atoms with Gasteiger partial charge in [0.15, 0.2) is 0 Å². The number of hydrogen-bond acceptors (Lipinski definition) is 4. The molecule has 5 nitrogen and oxygen atoms in total. The van der Waals surface area contributed by atoms with Crippen molar-refractivity contribution in [2.24, 2.45) is 0 Å². The SMILES string of the molecule is CN1Cc2cc(F)ccc2-n2c1nnc2N1CCCCCC1. The fourth-order valence-electron chi connectivity index (χ4n) is 3.43. The highest BCUT2D eigenvalue weighted by molar-refractivity contribution is 5.59. The lowest BCUT2D eigenvalue weighted by molar-refractivity contribution is 0.622. The summed E-state index contributed by atoms with van der Waals surface area (Å²) in [5, 5.41) is 8.81. The Morgan fingerprint density at radius 2 is 1.73 bits per heavy atom. The predicted octanol–water partition coefficient (Wildman–Crippen LogP) is 2.74. The van der Waals surface area contributed by atoms with Crippen molar-refractivity contribution in [2.75, 3.05) is 29.9 Å². The number of hydrogen-bond donors (Lipinski definition) is 0. The molecule has 1 fully saturated rings. The standard InChI is InChI=1S/C16H20FN5/c1-20-11-12-10-13(17)6-7-14(12)22-15(20)18-19-16(22)21-8-4-2-3-5-9-21/h6-7,10H,2-5,8-9,11H2,1H3. The minimum Gasteiger partial charge on any atom is -0.341 e. The van der Waals surface area contributed by atoms with Gasteiger partial charge in [0.1, 0.15) is 5.82 Å². The summed E-state index contributed by atoms with van der Waals surface area (Å²) >= 11 is 0. The summed E-state index contributed by atoms with van der Waals surface area (Å²) in [5.74, 6) is 1.52. The topological polar surface area (TPSA) is 37.2 Å². The first-order valence-corrected chi connectivity index (χ1v) is 7.94. The second-order valence-corrected chi connectivity index (χ2v) is 6.17. The van der Waals surface area contributed by atoms with Crippen LogP contribution in [-0.2, 0) is 6.54 Å². The molecule has 0 unspecified atom stereocenters. The van der Waals surface area contributed by atoms with Crippen molar-refractivity contribution in [1.82, 2.24) is 14.8 Å². The predicted molar refractivity (Wildman–Crippen MR) is 84.1 cm³/mol. The van der Waals surface area contributed by atoms with Crippen LogP contribution in [0.4, 0.5) is 16.3 Å². The Morgan fingerprint density at radius 1 is 1.00 bits per heavy atom. The third-order valence-electron chi connectivity index (χ3n) is 4.55. The third-order valence-corrected chi connectivity index (χ3v) is 4.55. The minimum absolute atomic E-state index is 0.194. The monoisotopic (exact) mass is 301 g/mol. The first-order chi connectivity index (χ1) is 10.7. The van der Waals surface area contributed by atoms with Crippen LogP contribution in [0.15, 0.2) is 18.2 Å². The second-order valence-electron chi connectivity index (χ2n) is 6.17. The van der Waals surface area contributed by atoms with E-state index in [1.54, 1.807) is 6.07 Å². The molecule has 2 aliphatic heterocycles. The lowest BCUT2D eigenvalue weighted by Crippen LogP contribution is -2.30. The number of benzene rings is 1. The molecule has 0 saturated carbocycles. The molecule has 2 aromatic rings. The van der Waals surface area contributed by atoms with Gasteiger partial charge in [0.05, 0.1) is 5.69 Å². The van der Waals surface area contributed by atoms with E-state index in [2.05, 4.69) is 19.7 Å². The molecule has 0 atom stereocenters. The molecule has 0 radical (unpaired) electrons. The summed E-state index contributed by atoms with van der Waals surface area (Å²) in [6.07, 6.45) is 4.93. The lowest BCUT2D eigenvalue weighted by atomic mass is 10.1. The van der Waals surface area contributed by atoms with Crippen LogP contribution < -0.4 is 9.80 Å². The molecule has 0 aliphatic carbocycles. The summed E-state index contributed by atoms with van der Waals surface area (Å²) in [5.41, 5.74) is 1.98. The number of halogens is 1. The Labute approximate surface area is 129 Å². The molecule has 1 aromatic carbocycles. The van der Waals surface area contributed by atoms with E-state index in [1.807, 2.05) is 18.0 Å². The number of anilines is 2. The third kappa shape index (κ3) is 2.14. The summed E-state index contributed by atoms with van der Waals surface area (Å²) < 4.78 is 15.6. The maximum Gasteiger partial charge on any atom is 0.233 e. The Hall–Kier alpha value is -2.11. The molecule has 0 bridgehead atoms. The van der Waals surface area contributed by atoms with Gasteiger partial charge in [0, 0.05) is 26.7 Å². The molecular formula is C16H20FN5. The van der Waals surface area contributed by atoms with Crippen molar-refractivity contribution in [3.63, 3.8) is 0 Å². The molecule has 0 amide bonds. The summed E-state index contributed by atoms with van der Waals surface area (Å²) in [7, 11) is 1.97. The number of nitrogens with zero attached hydrogens (tertiary/aromatic N) is 5. The van der Waals surface area contributed by atoms with E-state index in [0.29, 0.717) is 6.54 Å². The highest BCUT2D eigenvalue weighted by atomic mass is 19.1. The minimum atomic E-state index is -0.194. The van der Waals surface area contributed by atoms with Crippen LogP contribution in [-0.4, -0.2) is 34.9 Å². The van der Waals surface area contributed by atoms with Gasteiger partial charge in [-0.05, 0) is 36.6 Å². The van der Waals surface area contributed by atoms with Gasteiger partial charge >= 0.3 is 0 Å². The average molecular weight is 301 g/mol. The second kappa shape index (κ2) is 5.26. The summed E-state index contributed by atoms with van der Waals surface area (Å²) in [6, 6.07) is 4.97. The maximum absolute atomic E-state index is 13.6. The van der Waals surface area contributed by atoms with Gasteiger partial charge in [-0.2, -0.15) is 0 Å².